The number of amides is 1. The molecule has 0 aliphatic carbocycles. The number of carbonyl (C=O) groups excluding carboxylic acids is 1. The maximum atomic E-state index is 12.7. The van der Waals surface area contributed by atoms with Gasteiger partial charge in [-0.25, -0.2) is 0 Å². The van der Waals surface area contributed by atoms with Crippen LogP contribution in [0.1, 0.15) is 5.56 Å². The van der Waals surface area contributed by atoms with Crippen LogP contribution in [-0.4, -0.2) is 26.4 Å². The number of carbonyl (C=O) groups is 1. The number of nitriles is 1. The number of anilines is 2. The van der Waals surface area contributed by atoms with Gasteiger partial charge in [0.05, 0.1) is 17.4 Å². The first-order chi connectivity index (χ1) is 11.3. The lowest BCUT2D eigenvalue weighted by atomic mass is 10.2. The van der Waals surface area contributed by atoms with E-state index in [4.69, 9.17) is 11.0 Å². The molecule has 2 rings (SSSR count). The zero-order chi connectivity index (χ0) is 17.7. The van der Waals surface area contributed by atoms with E-state index in [1.165, 1.54) is 16.7 Å². The van der Waals surface area contributed by atoms with Crippen LogP contribution >= 0.6 is 11.8 Å². The Hall–Kier alpha value is -2.74. The Morgan fingerprint density at radius 1 is 1.42 bits per heavy atom. The quantitative estimate of drug-likeness (QED) is 0.794. The smallest absolute Gasteiger partial charge is 0.368 e. The van der Waals surface area contributed by atoms with Gasteiger partial charge in [-0.2, -0.15) is 18.4 Å². The third-order valence-corrected chi connectivity index (χ3v) is 3.62. The second-order valence-corrected chi connectivity index (χ2v) is 5.44. The van der Waals surface area contributed by atoms with Gasteiger partial charge in [-0.1, -0.05) is 17.8 Å². The summed E-state index contributed by atoms with van der Waals surface area (Å²) in [6, 6.07) is 6.17. The fourth-order valence-electron chi connectivity index (χ4n) is 1.77. The molecule has 11 heteroatoms. The van der Waals surface area contributed by atoms with E-state index in [0.717, 1.165) is 23.9 Å². The molecule has 126 valence electrons. The Morgan fingerprint density at radius 2 is 2.17 bits per heavy atom. The number of hydrogen-bond donors (Lipinski definition) is 2. The predicted molar refractivity (Wildman–Crippen MR) is 80.8 cm³/mol. The highest BCUT2D eigenvalue weighted by Crippen LogP contribution is 2.30. The highest BCUT2D eigenvalue weighted by Gasteiger charge is 2.30. The molecule has 0 spiro atoms. The van der Waals surface area contributed by atoms with Crippen LogP contribution < -0.4 is 11.1 Å². The monoisotopic (exact) mass is 356 g/mol. The number of hydrogen-bond acceptors (Lipinski definition) is 6. The van der Waals surface area contributed by atoms with Crippen LogP contribution in [0.25, 0.3) is 0 Å². The zero-order valence-corrected chi connectivity index (χ0v) is 12.9. The van der Waals surface area contributed by atoms with Crippen LogP contribution in [0, 0.1) is 11.3 Å². The SMILES string of the molecule is N#CCSc1nnc(N)n1CC(=O)Nc1cccc(C(F)(F)F)c1. The van der Waals surface area contributed by atoms with E-state index in [1.54, 1.807) is 0 Å². The van der Waals surface area contributed by atoms with Gasteiger partial charge in [-0.3, -0.25) is 9.36 Å². The Bertz CT molecular complexity index is 783. The van der Waals surface area contributed by atoms with E-state index in [9.17, 15) is 18.0 Å². The van der Waals surface area contributed by atoms with Gasteiger partial charge < -0.3 is 11.1 Å². The molecule has 1 aromatic carbocycles. The number of nitrogens with one attached hydrogen (secondary N) is 1. The number of aromatic nitrogens is 3. The third-order valence-electron chi connectivity index (χ3n) is 2.79. The van der Waals surface area contributed by atoms with Crippen molar-refractivity contribution in [2.45, 2.75) is 17.9 Å². The fourth-order valence-corrected chi connectivity index (χ4v) is 2.38. The standard InChI is InChI=1S/C13H11F3N6OS/c14-13(15,16)8-2-1-3-9(6-8)19-10(23)7-22-11(18)20-21-12(22)24-5-4-17/h1-3,6H,5,7H2,(H2,18,20)(H,19,23). The number of benzene rings is 1. The number of thioether (sulfide) groups is 1. The molecule has 0 aliphatic rings. The Kier molecular flexibility index (Phi) is 5.30. The predicted octanol–water partition coefficient (Wildman–Crippen LogP) is 2.13. The average Bonchev–Trinajstić information content (AvgIpc) is 2.85. The van der Waals surface area contributed by atoms with Crippen molar-refractivity contribution >= 4 is 29.3 Å². The molecule has 0 bridgehead atoms. The first kappa shape index (κ1) is 17.6. The van der Waals surface area contributed by atoms with Crippen LogP contribution in [0.15, 0.2) is 29.4 Å². The summed E-state index contributed by atoms with van der Waals surface area (Å²) in [5, 5.41) is 18.5. The summed E-state index contributed by atoms with van der Waals surface area (Å²) < 4.78 is 39.2. The van der Waals surface area contributed by atoms with Gasteiger partial charge in [0.2, 0.25) is 11.9 Å². The van der Waals surface area contributed by atoms with Crippen molar-refractivity contribution in [1.82, 2.24) is 14.8 Å². The van der Waals surface area contributed by atoms with Crippen molar-refractivity contribution in [3.8, 4) is 6.07 Å². The molecular formula is C13H11F3N6OS. The topological polar surface area (TPSA) is 110 Å². The molecule has 0 saturated heterocycles. The van der Waals surface area contributed by atoms with Gasteiger partial charge in [0.1, 0.15) is 6.54 Å². The number of nitrogen functional groups attached to an aromatic ring is 1. The minimum Gasteiger partial charge on any atom is -0.368 e. The van der Waals surface area contributed by atoms with Gasteiger partial charge in [0.25, 0.3) is 0 Å². The van der Waals surface area contributed by atoms with Crippen molar-refractivity contribution in [2.75, 3.05) is 16.8 Å². The number of rotatable bonds is 5. The molecule has 7 nitrogen and oxygen atoms in total. The van der Waals surface area contributed by atoms with Gasteiger partial charge >= 0.3 is 6.18 Å². The van der Waals surface area contributed by atoms with Gasteiger partial charge in [0, 0.05) is 5.69 Å². The molecule has 0 aliphatic heterocycles. The Balaban J connectivity index is 2.09. The Morgan fingerprint density at radius 3 is 2.83 bits per heavy atom. The van der Waals surface area contributed by atoms with Crippen molar-refractivity contribution in [3.05, 3.63) is 29.8 Å². The van der Waals surface area contributed by atoms with Gasteiger partial charge in [-0.15, -0.1) is 10.2 Å². The molecule has 1 aromatic heterocycles. The summed E-state index contributed by atoms with van der Waals surface area (Å²) in [5.41, 5.74) is 4.74. The van der Waals surface area contributed by atoms with Gasteiger partial charge in [-0.05, 0) is 18.2 Å². The van der Waals surface area contributed by atoms with Crippen LogP contribution in [0.5, 0.6) is 0 Å². The largest absolute Gasteiger partial charge is 0.416 e. The second-order valence-electron chi connectivity index (χ2n) is 4.50. The van der Waals surface area contributed by atoms with E-state index >= 15 is 0 Å². The summed E-state index contributed by atoms with van der Waals surface area (Å²) in [6.45, 7) is -0.289. The van der Waals surface area contributed by atoms with Crippen molar-refractivity contribution < 1.29 is 18.0 Å². The summed E-state index contributed by atoms with van der Waals surface area (Å²) in [5.74, 6) is -0.540. The normalized spacial score (nSPS) is 11.1. The van der Waals surface area contributed by atoms with E-state index in [1.807, 2.05) is 6.07 Å². The summed E-state index contributed by atoms with van der Waals surface area (Å²) in [6.07, 6.45) is -4.50. The van der Waals surface area contributed by atoms with Crippen LogP contribution in [-0.2, 0) is 17.5 Å². The highest BCUT2D eigenvalue weighted by atomic mass is 32.2. The molecule has 24 heavy (non-hydrogen) atoms. The van der Waals surface area contributed by atoms with Crippen LogP contribution in [0.2, 0.25) is 0 Å². The van der Waals surface area contributed by atoms with Crippen molar-refractivity contribution in [3.63, 3.8) is 0 Å². The fraction of sp³-hybridized carbons (Fsp3) is 0.231. The highest BCUT2D eigenvalue weighted by molar-refractivity contribution is 7.99. The molecule has 0 fully saturated rings. The second kappa shape index (κ2) is 7.22. The minimum atomic E-state index is -4.50. The van der Waals surface area contributed by atoms with E-state index in [0.29, 0.717) is 0 Å². The zero-order valence-electron chi connectivity index (χ0n) is 12.0. The van der Waals surface area contributed by atoms with E-state index < -0.39 is 17.6 Å². The van der Waals surface area contributed by atoms with Crippen LogP contribution in [0.3, 0.4) is 0 Å². The number of halogens is 3. The maximum Gasteiger partial charge on any atom is 0.416 e. The molecule has 3 N–H and O–H groups in total. The molecule has 2 aromatic rings. The van der Waals surface area contributed by atoms with Gasteiger partial charge in [0.15, 0.2) is 5.16 Å². The Labute approximate surface area is 138 Å². The van der Waals surface area contributed by atoms with E-state index in [2.05, 4.69) is 15.5 Å². The molecular weight excluding hydrogens is 345 g/mol. The molecule has 0 unspecified atom stereocenters. The lowest BCUT2D eigenvalue weighted by molar-refractivity contribution is -0.137. The number of alkyl halides is 3. The molecule has 0 atom stereocenters. The lowest BCUT2D eigenvalue weighted by Crippen LogP contribution is -2.20. The minimum absolute atomic E-state index is 0.00713. The van der Waals surface area contributed by atoms with Crippen LogP contribution in [0.4, 0.5) is 24.8 Å². The van der Waals surface area contributed by atoms with E-state index in [-0.39, 0.29) is 29.1 Å². The number of nitrogens with zero attached hydrogens (tertiary/aromatic N) is 4. The first-order valence-electron chi connectivity index (χ1n) is 6.47. The maximum absolute atomic E-state index is 12.7. The first-order valence-corrected chi connectivity index (χ1v) is 7.45. The molecule has 1 amide bonds. The molecule has 1 heterocycles. The third kappa shape index (κ3) is 4.39. The summed E-state index contributed by atoms with van der Waals surface area (Å²) in [4.78, 5) is 12.0. The lowest BCUT2D eigenvalue weighted by Gasteiger charge is -2.11. The number of nitrogens with two attached hydrogens (primary N) is 1. The average molecular weight is 356 g/mol. The summed E-state index contributed by atoms with van der Waals surface area (Å²) >= 11 is 1.04. The molecule has 0 saturated carbocycles. The molecule has 0 radical (unpaired) electrons. The summed E-state index contributed by atoms with van der Waals surface area (Å²) in [7, 11) is 0. The van der Waals surface area contributed by atoms with Crippen molar-refractivity contribution in [1.29, 1.82) is 5.26 Å². The van der Waals surface area contributed by atoms with Crippen molar-refractivity contribution in [2.24, 2.45) is 0 Å².